The molecule has 0 aliphatic carbocycles. The third kappa shape index (κ3) is 3.94. The fraction of sp³-hybridized carbons (Fsp3) is 0.333. The first-order valence-corrected chi connectivity index (χ1v) is 7.27. The third-order valence-corrected chi connectivity index (χ3v) is 3.47. The number of aromatic nitrogens is 4. The van der Waals surface area contributed by atoms with Gasteiger partial charge in [0.1, 0.15) is 5.03 Å². The second-order valence-corrected chi connectivity index (χ2v) is 5.08. The summed E-state index contributed by atoms with van der Waals surface area (Å²) in [5, 5.41) is 4.56. The molecule has 0 spiro atoms. The van der Waals surface area contributed by atoms with E-state index in [0.29, 0.717) is 33.8 Å². The molecule has 0 fully saturated rings. The van der Waals surface area contributed by atoms with Crippen molar-refractivity contribution in [1.82, 2.24) is 19.9 Å². The van der Waals surface area contributed by atoms with Gasteiger partial charge in [-0.3, -0.25) is 0 Å². The van der Waals surface area contributed by atoms with Crippen LogP contribution < -0.4 is 10.1 Å². The van der Waals surface area contributed by atoms with Crippen molar-refractivity contribution >= 4 is 29.3 Å². The number of pyridine rings is 1. The Kier molecular flexibility index (Phi) is 5.37. The molecule has 0 saturated carbocycles. The first-order valence-electron chi connectivity index (χ1n) is 6.08. The summed E-state index contributed by atoms with van der Waals surface area (Å²) in [6.45, 7) is 2.57. The zero-order valence-electron chi connectivity index (χ0n) is 11.1. The normalized spacial score (nSPS) is 10.3. The molecule has 2 heterocycles. The van der Waals surface area contributed by atoms with E-state index in [0.717, 1.165) is 6.42 Å². The van der Waals surface area contributed by atoms with Gasteiger partial charge in [0.2, 0.25) is 11.1 Å². The monoisotopic (exact) mass is 311 g/mol. The van der Waals surface area contributed by atoms with E-state index >= 15 is 0 Å². The van der Waals surface area contributed by atoms with Gasteiger partial charge in [-0.25, -0.2) is 4.98 Å². The first-order chi connectivity index (χ1) is 9.72. The number of hydrogen-bond donors (Lipinski definition) is 1. The SMILES string of the molecule is CCCOc1nc(NC)nc(Sc2ncccc2Cl)n1. The topological polar surface area (TPSA) is 72.8 Å². The number of hydrogen-bond acceptors (Lipinski definition) is 7. The van der Waals surface area contributed by atoms with Crippen molar-refractivity contribution in [2.45, 2.75) is 23.5 Å². The summed E-state index contributed by atoms with van der Waals surface area (Å²) < 4.78 is 5.44. The van der Waals surface area contributed by atoms with Crippen molar-refractivity contribution in [2.75, 3.05) is 19.0 Å². The number of halogens is 1. The second kappa shape index (κ2) is 7.25. The molecule has 106 valence electrons. The minimum absolute atomic E-state index is 0.292. The van der Waals surface area contributed by atoms with Crippen LogP contribution >= 0.6 is 23.4 Å². The molecule has 8 heteroatoms. The molecule has 0 aromatic carbocycles. The molecule has 20 heavy (non-hydrogen) atoms. The molecule has 0 saturated heterocycles. The van der Waals surface area contributed by atoms with Gasteiger partial charge in [0.15, 0.2) is 0 Å². The smallest absolute Gasteiger partial charge is 0.322 e. The molecule has 0 amide bonds. The van der Waals surface area contributed by atoms with Gasteiger partial charge in [0.25, 0.3) is 0 Å². The van der Waals surface area contributed by atoms with Gasteiger partial charge in [-0.1, -0.05) is 18.5 Å². The van der Waals surface area contributed by atoms with Gasteiger partial charge in [0.05, 0.1) is 11.6 Å². The Morgan fingerprint density at radius 1 is 1.35 bits per heavy atom. The van der Waals surface area contributed by atoms with Gasteiger partial charge in [0, 0.05) is 13.2 Å². The predicted molar refractivity (Wildman–Crippen MR) is 78.5 cm³/mol. The average Bonchev–Trinajstić information content (AvgIpc) is 2.47. The Morgan fingerprint density at radius 3 is 2.90 bits per heavy atom. The van der Waals surface area contributed by atoms with Gasteiger partial charge in [-0.15, -0.1) is 0 Å². The van der Waals surface area contributed by atoms with Crippen molar-refractivity contribution in [3.05, 3.63) is 23.4 Å². The number of nitrogens with one attached hydrogen (secondary N) is 1. The van der Waals surface area contributed by atoms with E-state index in [1.807, 2.05) is 6.92 Å². The minimum Gasteiger partial charge on any atom is -0.463 e. The first kappa shape index (κ1) is 14.8. The Hall–Kier alpha value is -1.60. The summed E-state index contributed by atoms with van der Waals surface area (Å²) in [4.78, 5) is 16.8. The summed E-state index contributed by atoms with van der Waals surface area (Å²) in [5.41, 5.74) is 0. The van der Waals surface area contributed by atoms with E-state index in [9.17, 15) is 0 Å². The second-order valence-electron chi connectivity index (χ2n) is 3.72. The quantitative estimate of drug-likeness (QED) is 0.879. The van der Waals surface area contributed by atoms with Gasteiger partial charge >= 0.3 is 6.01 Å². The van der Waals surface area contributed by atoms with E-state index in [1.54, 1.807) is 25.4 Å². The Bertz CT molecular complexity index is 584. The predicted octanol–water partition coefficient (Wildman–Crippen LogP) is 2.90. The molecule has 0 aliphatic heterocycles. The zero-order valence-corrected chi connectivity index (χ0v) is 12.7. The zero-order chi connectivity index (χ0) is 14.4. The van der Waals surface area contributed by atoms with Crippen molar-refractivity contribution in [2.24, 2.45) is 0 Å². The van der Waals surface area contributed by atoms with Crippen LogP contribution in [0.2, 0.25) is 5.02 Å². The Balaban J connectivity index is 2.24. The van der Waals surface area contributed by atoms with Gasteiger partial charge in [-0.2, -0.15) is 15.0 Å². The van der Waals surface area contributed by atoms with Crippen LogP contribution in [-0.2, 0) is 0 Å². The Labute approximate surface area is 126 Å². The molecular weight excluding hydrogens is 298 g/mol. The van der Waals surface area contributed by atoms with Crippen LogP contribution in [0.25, 0.3) is 0 Å². The van der Waals surface area contributed by atoms with Crippen LogP contribution in [0.4, 0.5) is 5.95 Å². The largest absolute Gasteiger partial charge is 0.463 e. The third-order valence-electron chi connectivity index (χ3n) is 2.17. The standard InChI is InChI=1S/C12H14ClN5OS/c1-3-7-19-11-16-10(14-2)17-12(18-11)20-9-8(13)5-4-6-15-9/h4-6H,3,7H2,1-2H3,(H,14,16,17,18). The lowest BCUT2D eigenvalue weighted by Gasteiger charge is -2.07. The van der Waals surface area contributed by atoms with E-state index in [1.165, 1.54) is 11.8 Å². The van der Waals surface area contributed by atoms with Crippen LogP contribution in [-0.4, -0.2) is 33.6 Å². The van der Waals surface area contributed by atoms with Crippen LogP contribution in [0.15, 0.2) is 28.5 Å². The molecule has 0 atom stereocenters. The van der Waals surface area contributed by atoms with Crippen LogP contribution in [0, 0.1) is 0 Å². The van der Waals surface area contributed by atoms with E-state index in [-0.39, 0.29) is 0 Å². The Morgan fingerprint density at radius 2 is 2.20 bits per heavy atom. The molecule has 6 nitrogen and oxygen atoms in total. The summed E-state index contributed by atoms with van der Waals surface area (Å²) in [5.74, 6) is 0.445. The van der Waals surface area contributed by atoms with Gasteiger partial charge in [-0.05, 0) is 30.3 Å². The number of nitrogens with zero attached hydrogens (tertiary/aromatic N) is 4. The molecule has 0 radical (unpaired) electrons. The van der Waals surface area contributed by atoms with E-state index in [4.69, 9.17) is 16.3 Å². The molecule has 2 aromatic rings. The average molecular weight is 312 g/mol. The van der Waals surface area contributed by atoms with Crippen LogP contribution in [0.5, 0.6) is 6.01 Å². The molecule has 1 N–H and O–H groups in total. The molecule has 2 rings (SSSR count). The highest BCUT2D eigenvalue weighted by molar-refractivity contribution is 7.99. The van der Waals surface area contributed by atoms with Crippen molar-refractivity contribution in [3.63, 3.8) is 0 Å². The number of anilines is 1. The fourth-order valence-corrected chi connectivity index (χ4v) is 2.23. The summed E-state index contributed by atoms with van der Waals surface area (Å²) >= 11 is 7.34. The minimum atomic E-state index is 0.292. The highest BCUT2D eigenvalue weighted by Crippen LogP contribution is 2.29. The number of ether oxygens (including phenoxy) is 1. The lowest BCUT2D eigenvalue weighted by Crippen LogP contribution is -2.05. The summed E-state index contributed by atoms with van der Waals surface area (Å²) in [6, 6.07) is 3.83. The molecule has 0 bridgehead atoms. The maximum Gasteiger partial charge on any atom is 0.322 e. The summed E-state index contributed by atoms with van der Waals surface area (Å²) in [6.07, 6.45) is 2.55. The van der Waals surface area contributed by atoms with Crippen LogP contribution in [0.1, 0.15) is 13.3 Å². The number of rotatable bonds is 6. The maximum atomic E-state index is 6.07. The summed E-state index contributed by atoms with van der Waals surface area (Å²) in [7, 11) is 1.74. The van der Waals surface area contributed by atoms with E-state index < -0.39 is 0 Å². The van der Waals surface area contributed by atoms with Crippen molar-refractivity contribution in [3.8, 4) is 6.01 Å². The van der Waals surface area contributed by atoms with Gasteiger partial charge < -0.3 is 10.1 Å². The molecule has 2 aromatic heterocycles. The van der Waals surface area contributed by atoms with Crippen LogP contribution in [0.3, 0.4) is 0 Å². The van der Waals surface area contributed by atoms with Crippen molar-refractivity contribution in [1.29, 1.82) is 0 Å². The van der Waals surface area contributed by atoms with Crippen molar-refractivity contribution < 1.29 is 4.74 Å². The fourth-order valence-electron chi connectivity index (χ4n) is 1.29. The molecule has 0 aliphatic rings. The lowest BCUT2D eigenvalue weighted by molar-refractivity contribution is 0.288. The lowest BCUT2D eigenvalue weighted by atomic mass is 10.5. The maximum absolute atomic E-state index is 6.07. The van der Waals surface area contributed by atoms with E-state index in [2.05, 4.69) is 25.3 Å². The highest BCUT2D eigenvalue weighted by atomic mass is 35.5. The molecule has 0 unspecified atom stereocenters. The highest BCUT2D eigenvalue weighted by Gasteiger charge is 2.11. The molecular formula is C12H14ClN5OS.